The van der Waals surface area contributed by atoms with Crippen molar-refractivity contribution in [3.05, 3.63) is 29.8 Å². The summed E-state index contributed by atoms with van der Waals surface area (Å²) in [7, 11) is 1.55. The normalized spacial score (nSPS) is 22.6. The van der Waals surface area contributed by atoms with Crippen LogP contribution in [0.4, 0.5) is 0 Å². The lowest BCUT2D eigenvalue weighted by molar-refractivity contribution is -0.124. The Bertz CT molecular complexity index is 546. The van der Waals surface area contributed by atoms with E-state index in [1.165, 1.54) is 12.8 Å². The molecule has 5 nitrogen and oxygen atoms in total. The first-order valence-corrected chi connectivity index (χ1v) is 7.96. The van der Waals surface area contributed by atoms with Crippen LogP contribution in [0.1, 0.15) is 43.7 Å². The summed E-state index contributed by atoms with van der Waals surface area (Å²) < 4.78 is 11.3. The Morgan fingerprint density at radius 2 is 2.13 bits per heavy atom. The Hall–Kier alpha value is -1.30. The summed E-state index contributed by atoms with van der Waals surface area (Å²) in [6.45, 7) is 0.224. The first kappa shape index (κ1) is 18.0. The molecule has 1 spiro atoms. The Morgan fingerprint density at radius 1 is 1.43 bits per heavy atom. The van der Waals surface area contributed by atoms with Crippen molar-refractivity contribution in [2.45, 2.75) is 49.8 Å². The van der Waals surface area contributed by atoms with Crippen molar-refractivity contribution in [2.75, 3.05) is 13.7 Å². The van der Waals surface area contributed by atoms with E-state index in [9.17, 15) is 4.79 Å². The largest absolute Gasteiger partial charge is 0.487 e. The number of halogens is 1. The molecule has 1 saturated carbocycles. The third-order valence-electron chi connectivity index (χ3n) is 4.71. The van der Waals surface area contributed by atoms with Crippen molar-refractivity contribution < 1.29 is 14.3 Å². The van der Waals surface area contributed by atoms with Crippen LogP contribution >= 0.6 is 12.4 Å². The van der Waals surface area contributed by atoms with Gasteiger partial charge in [0.15, 0.2) is 0 Å². The van der Waals surface area contributed by atoms with Gasteiger partial charge in [-0.15, -0.1) is 12.4 Å². The fourth-order valence-corrected chi connectivity index (χ4v) is 3.61. The van der Waals surface area contributed by atoms with Crippen LogP contribution in [-0.2, 0) is 9.53 Å². The van der Waals surface area contributed by atoms with Crippen LogP contribution in [0.3, 0.4) is 0 Å². The summed E-state index contributed by atoms with van der Waals surface area (Å²) in [5.41, 5.74) is 6.75. The predicted molar refractivity (Wildman–Crippen MR) is 90.9 cm³/mol. The van der Waals surface area contributed by atoms with E-state index in [0.717, 1.165) is 30.6 Å². The number of rotatable bonds is 4. The van der Waals surface area contributed by atoms with E-state index in [1.807, 2.05) is 24.3 Å². The molecule has 0 bridgehead atoms. The summed E-state index contributed by atoms with van der Waals surface area (Å²) in [6, 6.07) is 7.27. The number of carbonyl (C=O) groups excluding carboxylic acids is 1. The number of fused-ring (bicyclic) bond motifs is 1. The van der Waals surface area contributed by atoms with Crippen LogP contribution in [0.15, 0.2) is 24.3 Å². The SMILES string of the molecule is COCC(N)C(=O)NC1CC2(CCCC2)Oc2ccccc21.Cl. The quantitative estimate of drug-likeness (QED) is 0.882. The molecule has 1 amide bonds. The van der Waals surface area contributed by atoms with Gasteiger partial charge in [0.05, 0.1) is 12.6 Å². The van der Waals surface area contributed by atoms with Gasteiger partial charge in [0, 0.05) is 19.1 Å². The van der Waals surface area contributed by atoms with Crippen LogP contribution in [0.2, 0.25) is 0 Å². The number of hydrogen-bond acceptors (Lipinski definition) is 4. The van der Waals surface area contributed by atoms with Gasteiger partial charge >= 0.3 is 0 Å². The number of carbonyl (C=O) groups is 1. The lowest BCUT2D eigenvalue weighted by Gasteiger charge is -2.40. The number of para-hydroxylation sites is 1. The van der Waals surface area contributed by atoms with Gasteiger partial charge in [0.25, 0.3) is 0 Å². The van der Waals surface area contributed by atoms with Gasteiger partial charge in [-0.1, -0.05) is 18.2 Å². The first-order valence-electron chi connectivity index (χ1n) is 7.96. The molecule has 1 aliphatic carbocycles. The molecule has 0 saturated heterocycles. The van der Waals surface area contributed by atoms with E-state index in [-0.39, 0.29) is 36.6 Å². The predicted octanol–water partition coefficient (Wildman–Crippen LogP) is 2.33. The Kier molecular flexibility index (Phi) is 5.89. The molecule has 1 heterocycles. The van der Waals surface area contributed by atoms with Crippen LogP contribution in [-0.4, -0.2) is 31.3 Å². The standard InChI is InChI=1S/C17H24N2O3.ClH/c1-21-11-13(18)16(20)19-14-10-17(8-4-5-9-17)22-15-7-3-2-6-12(14)15;/h2-3,6-7,13-14H,4-5,8-11,18H2,1H3,(H,19,20);1H. The number of amides is 1. The maximum atomic E-state index is 12.3. The minimum absolute atomic E-state index is 0. The van der Waals surface area contributed by atoms with Crippen molar-refractivity contribution >= 4 is 18.3 Å². The number of methoxy groups -OCH3 is 1. The highest BCUT2D eigenvalue weighted by molar-refractivity contribution is 5.85. The summed E-state index contributed by atoms with van der Waals surface area (Å²) in [4.78, 5) is 12.3. The van der Waals surface area contributed by atoms with Crippen molar-refractivity contribution in [3.63, 3.8) is 0 Å². The first-order chi connectivity index (χ1) is 10.6. The highest BCUT2D eigenvalue weighted by atomic mass is 35.5. The zero-order valence-corrected chi connectivity index (χ0v) is 14.2. The van der Waals surface area contributed by atoms with Gasteiger partial charge in [-0.25, -0.2) is 0 Å². The van der Waals surface area contributed by atoms with E-state index in [0.29, 0.717) is 0 Å². The van der Waals surface area contributed by atoms with Crippen LogP contribution in [0, 0.1) is 0 Å². The van der Waals surface area contributed by atoms with E-state index in [4.69, 9.17) is 15.2 Å². The Balaban J connectivity index is 0.00000192. The summed E-state index contributed by atoms with van der Waals surface area (Å²) in [5.74, 6) is 0.720. The lowest BCUT2D eigenvalue weighted by atomic mass is 9.86. The Morgan fingerprint density at radius 3 is 2.83 bits per heavy atom. The molecule has 3 rings (SSSR count). The molecule has 1 aromatic rings. The van der Waals surface area contributed by atoms with Gasteiger partial charge < -0.3 is 20.5 Å². The lowest BCUT2D eigenvalue weighted by Crippen LogP contribution is -2.48. The monoisotopic (exact) mass is 340 g/mol. The highest BCUT2D eigenvalue weighted by Crippen LogP contribution is 2.46. The second kappa shape index (κ2) is 7.51. The third-order valence-corrected chi connectivity index (χ3v) is 4.71. The number of nitrogens with two attached hydrogens (primary N) is 1. The van der Waals surface area contributed by atoms with Crippen LogP contribution in [0.25, 0.3) is 0 Å². The average molecular weight is 341 g/mol. The van der Waals surface area contributed by atoms with Crippen molar-refractivity contribution in [1.82, 2.24) is 5.32 Å². The van der Waals surface area contributed by atoms with E-state index >= 15 is 0 Å². The van der Waals surface area contributed by atoms with Gasteiger partial charge in [-0.05, 0) is 31.7 Å². The van der Waals surface area contributed by atoms with Gasteiger partial charge in [0.1, 0.15) is 17.4 Å². The summed E-state index contributed by atoms with van der Waals surface area (Å²) in [6.07, 6.45) is 5.29. The number of benzene rings is 1. The van der Waals surface area contributed by atoms with E-state index in [2.05, 4.69) is 5.32 Å². The zero-order valence-electron chi connectivity index (χ0n) is 13.4. The topological polar surface area (TPSA) is 73.6 Å². The van der Waals surface area contributed by atoms with E-state index < -0.39 is 6.04 Å². The molecule has 0 radical (unpaired) electrons. The molecule has 23 heavy (non-hydrogen) atoms. The molecule has 1 aliphatic heterocycles. The highest BCUT2D eigenvalue weighted by Gasteiger charge is 2.43. The molecule has 1 fully saturated rings. The molecule has 128 valence electrons. The maximum Gasteiger partial charge on any atom is 0.239 e. The summed E-state index contributed by atoms with van der Waals surface area (Å²) >= 11 is 0. The van der Waals surface area contributed by atoms with Crippen LogP contribution < -0.4 is 15.8 Å². The molecular weight excluding hydrogens is 316 g/mol. The zero-order chi connectivity index (χ0) is 15.6. The molecule has 3 N–H and O–H groups in total. The maximum absolute atomic E-state index is 12.3. The van der Waals surface area contributed by atoms with E-state index in [1.54, 1.807) is 7.11 Å². The molecule has 1 aromatic carbocycles. The molecule has 2 unspecified atom stereocenters. The molecule has 2 aliphatic rings. The van der Waals surface area contributed by atoms with Gasteiger partial charge in [-0.3, -0.25) is 4.79 Å². The second-order valence-electron chi connectivity index (χ2n) is 6.36. The fraction of sp³-hybridized carbons (Fsp3) is 0.588. The van der Waals surface area contributed by atoms with Crippen LogP contribution in [0.5, 0.6) is 5.75 Å². The fourth-order valence-electron chi connectivity index (χ4n) is 3.61. The molecular formula is C17H25ClN2O3. The summed E-state index contributed by atoms with van der Waals surface area (Å²) in [5, 5.41) is 3.09. The van der Waals surface area contributed by atoms with Gasteiger partial charge in [0.2, 0.25) is 5.91 Å². The van der Waals surface area contributed by atoms with Crippen molar-refractivity contribution in [1.29, 1.82) is 0 Å². The Labute approximate surface area is 143 Å². The average Bonchev–Trinajstić information content (AvgIpc) is 2.95. The minimum Gasteiger partial charge on any atom is -0.487 e. The van der Waals surface area contributed by atoms with Gasteiger partial charge in [-0.2, -0.15) is 0 Å². The minimum atomic E-state index is -0.639. The smallest absolute Gasteiger partial charge is 0.239 e. The molecule has 2 atom stereocenters. The third kappa shape index (κ3) is 3.79. The molecule has 6 heteroatoms. The number of hydrogen-bond donors (Lipinski definition) is 2. The second-order valence-corrected chi connectivity index (χ2v) is 6.36. The van der Waals surface area contributed by atoms with Crippen molar-refractivity contribution in [2.24, 2.45) is 5.73 Å². The molecule has 0 aromatic heterocycles. The van der Waals surface area contributed by atoms with Crippen molar-refractivity contribution in [3.8, 4) is 5.75 Å². The number of ether oxygens (including phenoxy) is 2. The number of nitrogens with one attached hydrogen (secondary N) is 1.